The molecule has 28 heavy (non-hydrogen) atoms. The van der Waals surface area contributed by atoms with E-state index in [1.54, 1.807) is 7.11 Å². The van der Waals surface area contributed by atoms with Crippen LogP contribution in [0.2, 0.25) is 0 Å². The van der Waals surface area contributed by atoms with Gasteiger partial charge in [0.15, 0.2) is 0 Å². The third-order valence-corrected chi connectivity index (χ3v) is 6.32. The molecule has 3 aliphatic heterocycles. The van der Waals surface area contributed by atoms with Gasteiger partial charge in [-0.05, 0) is 32.2 Å². The van der Waals surface area contributed by atoms with E-state index in [4.69, 9.17) is 14.6 Å². The van der Waals surface area contributed by atoms with Gasteiger partial charge in [-0.3, -0.25) is 0 Å². The standard InChI is InChI=1S/C23H27N3O2/c1-16-7-8-22-19(13-16)21-15-20(17-5-4-6-18(14-17)27-3)24-26(21)23(28-22)9-11-25(2)12-10-23/h4-8,13-14,21H,9-12,15H2,1-3H3/t21-/m1/s1. The lowest BCUT2D eigenvalue weighted by Gasteiger charge is -2.50. The Labute approximate surface area is 166 Å². The van der Waals surface area contributed by atoms with E-state index in [2.05, 4.69) is 54.2 Å². The van der Waals surface area contributed by atoms with E-state index in [1.165, 1.54) is 11.1 Å². The number of aryl methyl sites for hydroxylation is 1. The molecule has 146 valence electrons. The van der Waals surface area contributed by atoms with Crippen molar-refractivity contribution in [3.05, 3.63) is 59.2 Å². The summed E-state index contributed by atoms with van der Waals surface area (Å²) in [5.74, 6) is 1.89. The topological polar surface area (TPSA) is 37.3 Å². The molecular weight excluding hydrogens is 350 g/mol. The van der Waals surface area contributed by atoms with Gasteiger partial charge in [-0.1, -0.05) is 29.8 Å². The van der Waals surface area contributed by atoms with Gasteiger partial charge in [0.05, 0.1) is 18.9 Å². The Balaban J connectivity index is 1.58. The largest absolute Gasteiger partial charge is 0.497 e. The highest BCUT2D eigenvalue weighted by molar-refractivity contribution is 6.02. The van der Waals surface area contributed by atoms with E-state index in [0.29, 0.717) is 0 Å². The third-order valence-electron chi connectivity index (χ3n) is 6.32. The second-order valence-corrected chi connectivity index (χ2v) is 8.24. The third kappa shape index (κ3) is 2.76. The van der Waals surface area contributed by atoms with Gasteiger partial charge in [0.1, 0.15) is 11.5 Å². The zero-order valence-corrected chi connectivity index (χ0v) is 16.8. The number of hydrogen-bond donors (Lipinski definition) is 0. The number of benzene rings is 2. The fraction of sp³-hybridized carbons (Fsp3) is 0.435. The number of hydrazone groups is 1. The first-order valence-electron chi connectivity index (χ1n) is 10.1. The average molecular weight is 377 g/mol. The molecular formula is C23H27N3O2. The summed E-state index contributed by atoms with van der Waals surface area (Å²) in [6.45, 7) is 4.19. The Bertz CT molecular complexity index is 931. The summed E-state index contributed by atoms with van der Waals surface area (Å²) in [6, 6.07) is 15.0. The van der Waals surface area contributed by atoms with Crippen LogP contribution in [0.25, 0.3) is 0 Å². The van der Waals surface area contributed by atoms with Crippen LogP contribution in [0.5, 0.6) is 11.5 Å². The van der Waals surface area contributed by atoms with Crippen molar-refractivity contribution in [1.29, 1.82) is 0 Å². The maximum Gasteiger partial charge on any atom is 0.200 e. The summed E-state index contributed by atoms with van der Waals surface area (Å²) in [6.07, 6.45) is 2.81. The first-order chi connectivity index (χ1) is 13.6. The van der Waals surface area contributed by atoms with Gasteiger partial charge < -0.3 is 14.4 Å². The lowest BCUT2D eigenvalue weighted by atomic mass is 9.90. The van der Waals surface area contributed by atoms with Gasteiger partial charge in [0, 0.05) is 43.5 Å². The van der Waals surface area contributed by atoms with E-state index in [0.717, 1.165) is 55.1 Å². The Morgan fingerprint density at radius 2 is 1.96 bits per heavy atom. The van der Waals surface area contributed by atoms with Crippen LogP contribution < -0.4 is 9.47 Å². The summed E-state index contributed by atoms with van der Waals surface area (Å²) in [5.41, 5.74) is 4.41. The van der Waals surface area contributed by atoms with E-state index >= 15 is 0 Å². The molecule has 2 aromatic rings. The first-order valence-corrected chi connectivity index (χ1v) is 10.1. The maximum absolute atomic E-state index is 6.67. The summed E-state index contributed by atoms with van der Waals surface area (Å²) in [7, 11) is 3.89. The van der Waals surface area contributed by atoms with Crippen LogP contribution >= 0.6 is 0 Å². The molecule has 1 spiro atoms. The van der Waals surface area contributed by atoms with Crippen molar-refractivity contribution < 1.29 is 9.47 Å². The highest BCUT2D eigenvalue weighted by Crippen LogP contribution is 2.50. The Kier molecular flexibility index (Phi) is 4.09. The van der Waals surface area contributed by atoms with Crippen molar-refractivity contribution in [2.45, 2.75) is 38.0 Å². The van der Waals surface area contributed by atoms with Crippen molar-refractivity contribution in [1.82, 2.24) is 9.91 Å². The highest BCUT2D eigenvalue weighted by atomic mass is 16.5. The number of methoxy groups -OCH3 is 1. The Morgan fingerprint density at radius 1 is 1.14 bits per heavy atom. The highest BCUT2D eigenvalue weighted by Gasteiger charge is 2.51. The lowest BCUT2D eigenvalue weighted by molar-refractivity contribution is -0.147. The zero-order valence-electron chi connectivity index (χ0n) is 16.8. The molecule has 0 aromatic heterocycles. The predicted octanol–water partition coefficient (Wildman–Crippen LogP) is 3.97. The van der Waals surface area contributed by atoms with Gasteiger partial charge >= 0.3 is 0 Å². The fourth-order valence-corrected chi connectivity index (χ4v) is 4.68. The smallest absolute Gasteiger partial charge is 0.200 e. The minimum atomic E-state index is -0.347. The van der Waals surface area contributed by atoms with Crippen LogP contribution in [0.15, 0.2) is 47.6 Å². The summed E-state index contributed by atoms with van der Waals surface area (Å²) in [5, 5.41) is 7.41. The minimum Gasteiger partial charge on any atom is -0.497 e. The number of rotatable bonds is 2. The number of likely N-dealkylation sites (tertiary alicyclic amines) is 1. The molecule has 0 N–H and O–H groups in total. The van der Waals surface area contributed by atoms with Crippen molar-refractivity contribution in [3.8, 4) is 11.5 Å². The molecule has 2 aromatic carbocycles. The van der Waals surface area contributed by atoms with Crippen molar-refractivity contribution in [2.24, 2.45) is 5.10 Å². The number of piperidine rings is 1. The van der Waals surface area contributed by atoms with Crippen LogP contribution in [0.1, 0.15) is 42.0 Å². The van der Waals surface area contributed by atoms with E-state index in [1.807, 2.05) is 12.1 Å². The Morgan fingerprint density at radius 3 is 2.75 bits per heavy atom. The van der Waals surface area contributed by atoms with E-state index in [-0.39, 0.29) is 11.8 Å². The van der Waals surface area contributed by atoms with Gasteiger partial charge in [-0.15, -0.1) is 0 Å². The molecule has 0 saturated carbocycles. The normalized spacial score (nSPS) is 23.0. The van der Waals surface area contributed by atoms with Crippen LogP contribution in [-0.2, 0) is 0 Å². The van der Waals surface area contributed by atoms with Gasteiger partial charge in [0.2, 0.25) is 5.72 Å². The molecule has 0 radical (unpaired) electrons. The second kappa shape index (κ2) is 6.52. The lowest BCUT2D eigenvalue weighted by Crippen LogP contribution is -2.58. The van der Waals surface area contributed by atoms with Crippen molar-refractivity contribution >= 4 is 5.71 Å². The number of hydrogen-bond acceptors (Lipinski definition) is 5. The van der Waals surface area contributed by atoms with Gasteiger partial charge in [0.25, 0.3) is 0 Å². The van der Waals surface area contributed by atoms with Crippen LogP contribution in [0, 0.1) is 6.92 Å². The Hall–Kier alpha value is -2.53. The molecule has 1 fully saturated rings. The average Bonchev–Trinajstić information content (AvgIpc) is 3.18. The van der Waals surface area contributed by atoms with Gasteiger partial charge in [-0.25, -0.2) is 5.01 Å². The summed E-state index contributed by atoms with van der Waals surface area (Å²) in [4.78, 5) is 2.37. The SMILES string of the molecule is COc1cccc(C2=NN3[C@H](C2)c2cc(C)ccc2OC32CCN(C)CC2)c1. The molecule has 1 saturated heterocycles. The molecule has 0 unspecified atom stereocenters. The van der Waals surface area contributed by atoms with Gasteiger partial charge in [-0.2, -0.15) is 5.10 Å². The second-order valence-electron chi connectivity index (χ2n) is 8.24. The zero-order chi connectivity index (χ0) is 19.3. The fourth-order valence-electron chi connectivity index (χ4n) is 4.68. The number of fused-ring (bicyclic) bond motifs is 4. The molecule has 0 aliphatic carbocycles. The van der Waals surface area contributed by atoms with E-state index in [9.17, 15) is 0 Å². The van der Waals surface area contributed by atoms with Crippen LogP contribution in [0.3, 0.4) is 0 Å². The maximum atomic E-state index is 6.67. The molecule has 0 bridgehead atoms. The van der Waals surface area contributed by atoms with Crippen molar-refractivity contribution in [3.63, 3.8) is 0 Å². The first kappa shape index (κ1) is 17.6. The minimum absolute atomic E-state index is 0.230. The summed E-state index contributed by atoms with van der Waals surface area (Å²) < 4.78 is 12.1. The molecule has 3 heterocycles. The number of ether oxygens (including phenoxy) is 2. The monoisotopic (exact) mass is 377 g/mol. The van der Waals surface area contributed by atoms with Crippen LogP contribution in [0.4, 0.5) is 0 Å². The van der Waals surface area contributed by atoms with Crippen molar-refractivity contribution in [2.75, 3.05) is 27.2 Å². The van der Waals surface area contributed by atoms with Crippen LogP contribution in [-0.4, -0.2) is 48.6 Å². The molecule has 5 rings (SSSR count). The predicted molar refractivity (Wildman–Crippen MR) is 110 cm³/mol. The molecule has 5 nitrogen and oxygen atoms in total. The molecule has 1 atom stereocenters. The molecule has 0 amide bonds. The van der Waals surface area contributed by atoms with E-state index < -0.39 is 0 Å². The quantitative estimate of drug-likeness (QED) is 0.794. The summed E-state index contributed by atoms with van der Waals surface area (Å²) >= 11 is 0. The molecule has 3 aliphatic rings. The number of nitrogens with zero attached hydrogens (tertiary/aromatic N) is 3. The molecule has 5 heteroatoms.